The minimum Gasteiger partial charge on any atom is -0.321 e. The van der Waals surface area contributed by atoms with Crippen LogP contribution in [0.3, 0.4) is 0 Å². The molecule has 2 nitrogen and oxygen atoms in total. The van der Waals surface area contributed by atoms with Gasteiger partial charge in [-0.15, -0.1) is 0 Å². The second kappa shape index (κ2) is 4.63. The van der Waals surface area contributed by atoms with Gasteiger partial charge >= 0.3 is 0 Å². The summed E-state index contributed by atoms with van der Waals surface area (Å²) in [5.41, 5.74) is 7.55. The molecule has 0 saturated carbocycles. The molecule has 3 heteroatoms. The number of nitrogens with zero attached hydrogens (tertiary/aromatic N) is 1. The highest BCUT2D eigenvalue weighted by Crippen LogP contribution is 2.22. The quantitative estimate of drug-likeness (QED) is 0.880. The SMILES string of the molecule is CC(N)(Cc1cccc(F)c1)c1cccnc1. The molecule has 1 aromatic heterocycles. The second-order valence-electron chi connectivity index (χ2n) is 4.47. The van der Waals surface area contributed by atoms with Crippen LogP contribution in [0.4, 0.5) is 4.39 Å². The zero-order valence-corrected chi connectivity index (χ0v) is 9.73. The van der Waals surface area contributed by atoms with Crippen LogP contribution < -0.4 is 5.73 Å². The first-order chi connectivity index (χ1) is 8.08. The lowest BCUT2D eigenvalue weighted by Crippen LogP contribution is -2.35. The first-order valence-electron chi connectivity index (χ1n) is 5.52. The van der Waals surface area contributed by atoms with Gasteiger partial charge in [0.05, 0.1) is 0 Å². The lowest BCUT2D eigenvalue weighted by Gasteiger charge is -2.25. The van der Waals surface area contributed by atoms with Gasteiger partial charge in [0.15, 0.2) is 0 Å². The number of aromatic nitrogens is 1. The first-order valence-corrected chi connectivity index (χ1v) is 5.52. The molecule has 1 aromatic carbocycles. The van der Waals surface area contributed by atoms with E-state index in [0.29, 0.717) is 6.42 Å². The van der Waals surface area contributed by atoms with Gasteiger partial charge in [0.25, 0.3) is 0 Å². The van der Waals surface area contributed by atoms with Gasteiger partial charge in [-0.1, -0.05) is 18.2 Å². The number of pyridine rings is 1. The maximum absolute atomic E-state index is 13.1. The third-order valence-corrected chi connectivity index (χ3v) is 2.78. The molecule has 2 aromatic rings. The van der Waals surface area contributed by atoms with E-state index in [1.807, 2.05) is 25.1 Å². The smallest absolute Gasteiger partial charge is 0.123 e. The lowest BCUT2D eigenvalue weighted by molar-refractivity contribution is 0.488. The summed E-state index contributed by atoms with van der Waals surface area (Å²) in [5.74, 6) is -0.232. The molecule has 0 radical (unpaired) electrons. The monoisotopic (exact) mass is 230 g/mol. The van der Waals surface area contributed by atoms with Gasteiger partial charge in [-0.3, -0.25) is 4.98 Å². The maximum Gasteiger partial charge on any atom is 0.123 e. The molecule has 1 atom stereocenters. The first kappa shape index (κ1) is 11.7. The Morgan fingerprint density at radius 3 is 2.76 bits per heavy atom. The molecule has 2 N–H and O–H groups in total. The van der Waals surface area contributed by atoms with Crippen LogP contribution in [0, 0.1) is 5.82 Å². The highest BCUT2D eigenvalue weighted by atomic mass is 19.1. The fraction of sp³-hybridized carbons (Fsp3) is 0.214. The van der Waals surface area contributed by atoms with Crippen molar-refractivity contribution >= 4 is 0 Å². The fourth-order valence-electron chi connectivity index (χ4n) is 1.87. The minimum atomic E-state index is -0.540. The van der Waals surface area contributed by atoms with Crippen molar-refractivity contribution < 1.29 is 4.39 Å². The predicted octanol–water partition coefficient (Wildman–Crippen LogP) is 2.64. The van der Waals surface area contributed by atoms with E-state index in [9.17, 15) is 4.39 Å². The molecule has 1 unspecified atom stereocenters. The van der Waals surface area contributed by atoms with Gasteiger partial charge in [0, 0.05) is 17.9 Å². The Bertz CT molecular complexity index is 495. The van der Waals surface area contributed by atoms with E-state index in [2.05, 4.69) is 4.98 Å². The van der Waals surface area contributed by atoms with E-state index < -0.39 is 5.54 Å². The summed E-state index contributed by atoms with van der Waals surface area (Å²) in [4.78, 5) is 4.06. The Balaban J connectivity index is 2.23. The molecule has 88 valence electrons. The summed E-state index contributed by atoms with van der Waals surface area (Å²) in [6.07, 6.45) is 4.04. The maximum atomic E-state index is 13.1. The van der Waals surface area contributed by atoms with E-state index in [0.717, 1.165) is 11.1 Å². The van der Waals surface area contributed by atoms with Crippen molar-refractivity contribution in [2.24, 2.45) is 5.73 Å². The van der Waals surface area contributed by atoms with Crippen LogP contribution in [-0.2, 0) is 12.0 Å². The molecule has 0 aliphatic heterocycles. The summed E-state index contributed by atoms with van der Waals surface area (Å²) in [5, 5.41) is 0. The van der Waals surface area contributed by atoms with Crippen LogP contribution >= 0.6 is 0 Å². The third kappa shape index (κ3) is 2.88. The molecular weight excluding hydrogens is 215 g/mol. The van der Waals surface area contributed by atoms with E-state index in [1.54, 1.807) is 18.5 Å². The number of nitrogens with two attached hydrogens (primary N) is 1. The van der Waals surface area contributed by atoms with Crippen molar-refractivity contribution in [1.82, 2.24) is 4.98 Å². The third-order valence-electron chi connectivity index (χ3n) is 2.78. The van der Waals surface area contributed by atoms with E-state index in [-0.39, 0.29) is 5.82 Å². The summed E-state index contributed by atoms with van der Waals surface area (Å²) in [6, 6.07) is 10.3. The molecule has 0 aliphatic carbocycles. The van der Waals surface area contributed by atoms with Gasteiger partial charge in [0.1, 0.15) is 5.82 Å². The molecule has 0 spiro atoms. The summed E-state index contributed by atoms with van der Waals surface area (Å²) in [7, 11) is 0. The molecule has 0 amide bonds. The van der Waals surface area contributed by atoms with Crippen LogP contribution in [0.2, 0.25) is 0 Å². The fourth-order valence-corrected chi connectivity index (χ4v) is 1.87. The number of halogens is 1. The van der Waals surface area contributed by atoms with E-state index in [4.69, 9.17) is 5.73 Å². The molecule has 0 fully saturated rings. The zero-order chi connectivity index (χ0) is 12.3. The Morgan fingerprint density at radius 2 is 2.12 bits per heavy atom. The molecule has 0 bridgehead atoms. The van der Waals surface area contributed by atoms with Crippen molar-refractivity contribution in [3.05, 3.63) is 65.7 Å². The van der Waals surface area contributed by atoms with Gasteiger partial charge in [0.2, 0.25) is 0 Å². The van der Waals surface area contributed by atoms with Crippen LogP contribution in [0.1, 0.15) is 18.1 Å². The second-order valence-corrected chi connectivity index (χ2v) is 4.47. The summed E-state index contributed by atoms with van der Waals surface area (Å²) < 4.78 is 13.1. The minimum absolute atomic E-state index is 0.232. The Morgan fingerprint density at radius 1 is 1.29 bits per heavy atom. The Hall–Kier alpha value is -1.74. The average Bonchev–Trinajstić information content (AvgIpc) is 2.29. The predicted molar refractivity (Wildman–Crippen MR) is 65.9 cm³/mol. The van der Waals surface area contributed by atoms with Crippen molar-refractivity contribution in [3.8, 4) is 0 Å². The molecule has 0 saturated heterocycles. The van der Waals surface area contributed by atoms with Crippen molar-refractivity contribution in [2.75, 3.05) is 0 Å². The number of hydrogen-bond acceptors (Lipinski definition) is 2. The van der Waals surface area contributed by atoms with E-state index in [1.165, 1.54) is 12.1 Å². The number of rotatable bonds is 3. The van der Waals surface area contributed by atoms with Crippen LogP contribution in [0.5, 0.6) is 0 Å². The number of benzene rings is 1. The summed E-state index contributed by atoms with van der Waals surface area (Å²) in [6.45, 7) is 1.93. The molecule has 0 aliphatic rings. The highest BCUT2D eigenvalue weighted by molar-refractivity contribution is 5.25. The topological polar surface area (TPSA) is 38.9 Å². The van der Waals surface area contributed by atoms with Crippen LogP contribution in [0.15, 0.2) is 48.8 Å². The highest BCUT2D eigenvalue weighted by Gasteiger charge is 2.21. The van der Waals surface area contributed by atoms with E-state index >= 15 is 0 Å². The van der Waals surface area contributed by atoms with Gasteiger partial charge in [-0.2, -0.15) is 0 Å². The van der Waals surface area contributed by atoms with Gasteiger partial charge in [-0.05, 0) is 42.7 Å². The largest absolute Gasteiger partial charge is 0.321 e. The van der Waals surface area contributed by atoms with Crippen LogP contribution in [0.25, 0.3) is 0 Å². The molecule has 17 heavy (non-hydrogen) atoms. The van der Waals surface area contributed by atoms with Crippen molar-refractivity contribution in [3.63, 3.8) is 0 Å². The van der Waals surface area contributed by atoms with Crippen molar-refractivity contribution in [2.45, 2.75) is 18.9 Å². The normalized spacial score (nSPS) is 14.3. The zero-order valence-electron chi connectivity index (χ0n) is 9.73. The Labute approximate surface area is 100 Å². The average molecular weight is 230 g/mol. The number of hydrogen-bond donors (Lipinski definition) is 1. The lowest BCUT2D eigenvalue weighted by atomic mass is 9.87. The van der Waals surface area contributed by atoms with Gasteiger partial charge < -0.3 is 5.73 Å². The standard InChI is InChI=1S/C14H15FN2/c1-14(16,12-5-3-7-17-10-12)9-11-4-2-6-13(15)8-11/h2-8,10H,9,16H2,1H3. The molecular formula is C14H15FN2. The summed E-state index contributed by atoms with van der Waals surface area (Å²) >= 11 is 0. The van der Waals surface area contributed by atoms with Crippen molar-refractivity contribution in [1.29, 1.82) is 0 Å². The molecule has 2 rings (SSSR count). The molecule has 1 heterocycles. The van der Waals surface area contributed by atoms with Gasteiger partial charge in [-0.25, -0.2) is 4.39 Å². The van der Waals surface area contributed by atoms with Crippen LogP contribution in [-0.4, -0.2) is 4.98 Å². The Kier molecular flexibility index (Phi) is 3.20.